The number of aryl methyl sites for hydroxylation is 2. The number of nitrogens with one attached hydrogen (secondary N) is 1. The molecule has 2 heterocycles. The third-order valence-electron chi connectivity index (χ3n) is 2.39. The molecule has 90 valence electrons. The summed E-state index contributed by atoms with van der Waals surface area (Å²) in [6.45, 7) is 2.38. The van der Waals surface area contributed by atoms with Gasteiger partial charge in [0.1, 0.15) is 10.8 Å². The molecule has 0 spiro atoms. The molecule has 0 unspecified atom stereocenters. The minimum atomic E-state index is 0.329. The molecule has 7 heteroatoms. The summed E-state index contributed by atoms with van der Waals surface area (Å²) >= 11 is 5.01. The highest BCUT2D eigenvalue weighted by Crippen LogP contribution is 2.19. The third kappa shape index (κ3) is 2.28. The number of nitrogens with zero attached hydrogens (tertiary/aromatic N) is 3. The van der Waals surface area contributed by atoms with Crippen molar-refractivity contribution < 1.29 is 4.52 Å². The van der Waals surface area contributed by atoms with Gasteiger partial charge in [-0.3, -0.25) is 4.68 Å². The molecule has 0 atom stereocenters. The molecule has 0 aromatic carbocycles. The number of hydrogen-bond donors (Lipinski definition) is 2. The number of hydrogen-bond acceptors (Lipinski definition) is 5. The molecular weight excluding hydrogens is 238 g/mol. The van der Waals surface area contributed by atoms with Crippen LogP contribution in [0.5, 0.6) is 0 Å². The molecule has 0 bridgehead atoms. The maximum absolute atomic E-state index is 5.68. The topological polar surface area (TPSA) is 81.9 Å². The summed E-state index contributed by atoms with van der Waals surface area (Å²) < 4.78 is 6.70. The zero-order valence-electron chi connectivity index (χ0n) is 9.60. The van der Waals surface area contributed by atoms with Gasteiger partial charge in [-0.2, -0.15) is 5.10 Å². The van der Waals surface area contributed by atoms with Crippen molar-refractivity contribution in [1.29, 1.82) is 0 Å². The van der Waals surface area contributed by atoms with Crippen molar-refractivity contribution in [3.8, 4) is 0 Å². The average molecular weight is 251 g/mol. The summed E-state index contributed by atoms with van der Waals surface area (Å²) in [5.41, 5.74) is 7.25. The predicted octanol–water partition coefficient (Wildman–Crippen LogP) is 0.963. The minimum Gasteiger partial charge on any atom is -0.389 e. The van der Waals surface area contributed by atoms with Crippen molar-refractivity contribution in [3.05, 3.63) is 29.3 Å². The molecule has 3 N–H and O–H groups in total. The zero-order valence-corrected chi connectivity index (χ0v) is 10.4. The Bertz CT molecular complexity index is 531. The van der Waals surface area contributed by atoms with Crippen LogP contribution in [0.15, 0.2) is 16.8 Å². The van der Waals surface area contributed by atoms with Gasteiger partial charge in [0.25, 0.3) is 0 Å². The fourth-order valence-electron chi connectivity index (χ4n) is 1.66. The molecule has 6 nitrogen and oxygen atoms in total. The van der Waals surface area contributed by atoms with Crippen LogP contribution in [0.2, 0.25) is 0 Å². The van der Waals surface area contributed by atoms with Gasteiger partial charge in [-0.15, -0.1) is 0 Å². The number of aromatic nitrogens is 3. The summed E-state index contributed by atoms with van der Waals surface area (Å²) in [6.07, 6.45) is 1.60. The molecule has 0 radical (unpaired) electrons. The largest absolute Gasteiger partial charge is 0.389 e. The van der Waals surface area contributed by atoms with Crippen LogP contribution in [0.25, 0.3) is 0 Å². The van der Waals surface area contributed by atoms with E-state index in [0.29, 0.717) is 11.5 Å². The van der Waals surface area contributed by atoms with Gasteiger partial charge in [0.05, 0.1) is 24.0 Å². The Morgan fingerprint density at radius 1 is 1.65 bits per heavy atom. The SMILES string of the molecule is Cc1nn(C)c(NCc2ccno2)c1C(N)=S. The highest BCUT2D eigenvalue weighted by molar-refractivity contribution is 7.80. The summed E-state index contributed by atoms with van der Waals surface area (Å²) in [6, 6.07) is 1.79. The highest BCUT2D eigenvalue weighted by Gasteiger charge is 2.15. The van der Waals surface area contributed by atoms with Gasteiger partial charge in [-0.1, -0.05) is 17.4 Å². The molecule has 2 aromatic rings. The second kappa shape index (κ2) is 4.54. The summed E-state index contributed by atoms with van der Waals surface area (Å²) in [5.74, 6) is 1.52. The lowest BCUT2D eigenvalue weighted by Crippen LogP contribution is -2.14. The van der Waals surface area contributed by atoms with E-state index in [-0.39, 0.29) is 0 Å². The number of anilines is 1. The molecule has 0 saturated carbocycles. The van der Waals surface area contributed by atoms with Crippen LogP contribution in [-0.2, 0) is 13.6 Å². The Hall–Kier alpha value is -1.89. The first-order valence-electron chi connectivity index (χ1n) is 5.06. The standard InChI is InChI=1S/C10H13N5OS/c1-6-8(9(11)17)10(15(2)14-6)12-5-7-3-4-13-16-7/h3-4,12H,5H2,1-2H3,(H2,11,17). The molecule has 0 aliphatic heterocycles. The predicted molar refractivity (Wildman–Crippen MR) is 67.7 cm³/mol. The summed E-state index contributed by atoms with van der Waals surface area (Å²) in [5, 5.41) is 11.1. The highest BCUT2D eigenvalue weighted by atomic mass is 32.1. The van der Waals surface area contributed by atoms with Gasteiger partial charge < -0.3 is 15.6 Å². The lowest BCUT2D eigenvalue weighted by molar-refractivity contribution is 0.387. The molecule has 0 saturated heterocycles. The molecule has 2 aromatic heterocycles. The van der Waals surface area contributed by atoms with E-state index in [1.807, 2.05) is 14.0 Å². The molecule has 17 heavy (non-hydrogen) atoms. The molecular formula is C10H13N5OS. The molecule has 0 amide bonds. The van der Waals surface area contributed by atoms with E-state index in [4.69, 9.17) is 22.5 Å². The third-order valence-corrected chi connectivity index (χ3v) is 2.59. The normalized spacial score (nSPS) is 10.5. The van der Waals surface area contributed by atoms with Crippen LogP contribution in [0.3, 0.4) is 0 Å². The van der Waals surface area contributed by atoms with Crippen molar-refractivity contribution >= 4 is 23.0 Å². The number of nitrogens with two attached hydrogens (primary N) is 1. The lowest BCUT2D eigenvalue weighted by atomic mass is 10.2. The maximum atomic E-state index is 5.68. The summed E-state index contributed by atoms with van der Waals surface area (Å²) in [7, 11) is 1.83. The van der Waals surface area contributed by atoms with Gasteiger partial charge in [0.15, 0.2) is 5.76 Å². The van der Waals surface area contributed by atoms with E-state index in [1.54, 1.807) is 16.9 Å². The fourth-order valence-corrected chi connectivity index (χ4v) is 1.90. The quantitative estimate of drug-likeness (QED) is 0.788. The second-order valence-electron chi connectivity index (χ2n) is 3.63. The maximum Gasteiger partial charge on any atom is 0.155 e. The van der Waals surface area contributed by atoms with Gasteiger partial charge in [-0.05, 0) is 6.92 Å². The smallest absolute Gasteiger partial charge is 0.155 e. The first-order valence-corrected chi connectivity index (χ1v) is 5.47. The van der Waals surface area contributed by atoms with Crippen LogP contribution in [0.1, 0.15) is 17.0 Å². The van der Waals surface area contributed by atoms with E-state index in [2.05, 4.69) is 15.6 Å². The Morgan fingerprint density at radius 2 is 2.41 bits per heavy atom. The molecule has 0 aliphatic rings. The minimum absolute atomic E-state index is 0.329. The Kier molecular flexibility index (Phi) is 3.10. The van der Waals surface area contributed by atoms with Crippen molar-refractivity contribution in [2.75, 3.05) is 5.32 Å². The van der Waals surface area contributed by atoms with E-state index >= 15 is 0 Å². The summed E-state index contributed by atoms with van der Waals surface area (Å²) in [4.78, 5) is 0.329. The van der Waals surface area contributed by atoms with Gasteiger partial charge in [0.2, 0.25) is 0 Å². The Labute approximate surface area is 104 Å². The second-order valence-corrected chi connectivity index (χ2v) is 4.07. The van der Waals surface area contributed by atoms with Crippen LogP contribution < -0.4 is 11.1 Å². The van der Waals surface area contributed by atoms with Crippen LogP contribution >= 0.6 is 12.2 Å². The average Bonchev–Trinajstić information content (AvgIpc) is 2.83. The van der Waals surface area contributed by atoms with Crippen molar-refractivity contribution in [1.82, 2.24) is 14.9 Å². The van der Waals surface area contributed by atoms with Gasteiger partial charge in [0, 0.05) is 13.1 Å². The first kappa shape index (κ1) is 11.6. The van der Waals surface area contributed by atoms with E-state index in [9.17, 15) is 0 Å². The lowest BCUT2D eigenvalue weighted by Gasteiger charge is -2.07. The molecule has 2 rings (SSSR count). The Balaban J connectivity index is 2.23. The van der Waals surface area contributed by atoms with Gasteiger partial charge in [-0.25, -0.2) is 0 Å². The van der Waals surface area contributed by atoms with Crippen molar-refractivity contribution in [2.45, 2.75) is 13.5 Å². The monoisotopic (exact) mass is 251 g/mol. The van der Waals surface area contributed by atoms with E-state index in [1.165, 1.54) is 0 Å². The zero-order chi connectivity index (χ0) is 12.4. The van der Waals surface area contributed by atoms with E-state index in [0.717, 1.165) is 22.8 Å². The van der Waals surface area contributed by atoms with Crippen LogP contribution in [0.4, 0.5) is 5.82 Å². The fraction of sp³-hybridized carbons (Fsp3) is 0.300. The van der Waals surface area contributed by atoms with Crippen LogP contribution in [-0.4, -0.2) is 19.9 Å². The van der Waals surface area contributed by atoms with Crippen LogP contribution in [0, 0.1) is 6.92 Å². The number of rotatable bonds is 4. The molecule has 0 aliphatic carbocycles. The van der Waals surface area contributed by atoms with E-state index < -0.39 is 0 Å². The Morgan fingerprint density at radius 3 is 3.00 bits per heavy atom. The number of thiocarbonyl (C=S) groups is 1. The molecule has 0 fully saturated rings. The van der Waals surface area contributed by atoms with Crippen molar-refractivity contribution in [3.63, 3.8) is 0 Å². The first-order chi connectivity index (χ1) is 8.09. The van der Waals surface area contributed by atoms with Gasteiger partial charge >= 0.3 is 0 Å². The van der Waals surface area contributed by atoms with Crippen molar-refractivity contribution in [2.24, 2.45) is 12.8 Å².